The summed E-state index contributed by atoms with van der Waals surface area (Å²) < 4.78 is 0. The maximum atomic E-state index is 13.2. The third-order valence-corrected chi connectivity index (χ3v) is 4.66. The molecule has 0 amide bonds. The summed E-state index contributed by atoms with van der Waals surface area (Å²) in [4.78, 5) is 13.2. The number of carbonyl (C=O) groups is 1. The van der Waals surface area contributed by atoms with E-state index in [2.05, 4.69) is 16.3 Å². The maximum absolute atomic E-state index is 13.2. The largest absolute Gasteiger partial charge is 0.289 e. The highest BCUT2D eigenvalue weighted by Gasteiger charge is 2.22. The molecule has 1 aliphatic carbocycles. The number of nitrogens with zero attached hydrogens (tertiary/aromatic N) is 3. The monoisotopic (exact) mass is 387 g/mol. The third-order valence-electron chi connectivity index (χ3n) is 4.66. The van der Waals surface area contributed by atoms with E-state index >= 15 is 0 Å². The standard InChI is InChI=1S/C26H17N3O/c27-17-19-11-13-23(14-12-19)29-28-18-20-15-24(21-7-3-1-4-8-21)26(30)25(16-20)22-9-5-2-6-10-22/h1-16,18H. The summed E-state index contributed by atoms with van der Waals surface area (Å²) in [6, 6.07) is 28.1. The zero-order valence-corrected chi connectivity index (χ0v) is 16.1. The van der Waals surface area contributed by atoms with Crippen LogP contribution in [0.25, 0.3) is 11.1 Å². The lowest BCUT2D eigenvalue weighted by Crippen LogP contribution is -2.09. The fourth-order valence-electron chi connectivity index (χ4n) is 3.15. The first-order chi connectivity index (χ1) is 14.7. The fourth-order valence-corrected chi connectivity index (χ4v) is 3.15. The summed E-state index contributed by atoms with van der Waals surface area (Å²) in [6.07, 6.45) is 5.31. The Balaban J connectivity index is 1.71. The lowest BCUT2D eigenvalue weighted by molar-refractivity contribution is -0.108. The van der Waals surface area contributed by atoms with Gasteiger partial charge in [0.05, 0.1) is 23.5 Å². The van der Waals surface area contributed by atoms with E-state index in [0.717, 1.165) is 16.7 Å². The van der Waals surface area contributed by atoms with E-state index in [1.54, 1.807) is 30.5 Å². The Morgan fingerprint density at radius 1 is 0.733 bits per heavy atom. The van der Waals surface area contributed by atoms with Crippen LogP contribution in [0.5, 0.6) is 0 Å². The van der Waals surface area contributed by atoms with Crippen LogP contribution >= 0.6 is 0 Å². The zero-order valence-electron chi connectivity index (χ0n) is 16.1. The maximum Gasteiger partial charge on any atom is 0.194 e. The van der Waals surface area contributed by atoms with Gasteiger partial charge < -0.3 is 0 Å². The Kier molecular flexibility index (Phi) is 5.54. The first kappa shape index (κ1) is 19.0. The predicted octanol–water partition coefficient (Wildman–Crippen LogP) is 6.28. The van der Waals surface area contributed by atoms with Gasteiger partial charge in [-0.3, -0.25) is 4.79 Å². The summed E-state index contributed by atoms with van der Waals surface area (Å²) in [5.74, 6) is -0.0198. The molecule has 3 aromatic rings. The molecule has 0 saturated heterocycles. The molecule has 0 aliphatic heterocycles. The van der Waals surface area contributed by atoms with Gasteiger partial charge in [0.1, 0.15) is 0 Å². The summed E-state index contributed by atoms with van der Waals surface area (Å²) in [7, 11) is 0. The number of nitriles is 1. The summed E-state index contributed by atoms with van der Waals surface area (Å²) in [5.41, 5.74) is 4.97. The van der Waals surface area contributed by atoms with Crippen LogP contribution in [0, 0.1) is 11.3 Å². The van der Waals surface area contributed by atoms with E-state index in [-0.39, 0.29) is 5.78 Å². The first-order valence-electron chi connectivity index (χ1n) is 9.45. The molecule has 0 bridgehead atoms. The summed E-state index contributed by atoms with van der Waals surface area (Å²) in [6.45, 7) is 0. The minimum absolute atomic E-state index is 0.0198. The summed E-state index contributed by atoms with van der Waals surface area (Å²) >= 11 is 0. The fraction of sp³-hybridized carbons (Fsp3) is 0. The number of ketones is 1. The third kappa shape index (κ3) is 4.21. The lowest BCUT2D eigenvalue weighted by atomic mass is 9.86. The Morgan fingerprint density at radius 2 is 1.27 bits per heavy atom. The van der Waals surface area contributed by atoms with Crippen LogP contribution < -0.4 is 0 Å². The van der Waals surface area contributed by atoms with Gasteiger partial charge in [0.15, 0.2) is 5.78 Å². The Morgan fingerprint density at radius 3 is 1.77 bits per heavy atom. The molecule has 0 aromatic heterocycles. The number of rotatable bonds is 4. The number of hydrogen-bond donors (Lipinski definition) is 0. The van der Waals surface area contributed by atoms with Crippen molar-refractivity contribution in [1.29, 1.82) is 5.26 Å². The van der Waals surface area contributed by atoms with Crippen molar-refractivity contribution in [2.24, 2.45) is 10.2 Å². The normalized spacial score (nSPS) is 13.6. The molecule has 142 valence electrons. The van der Waals surface area contributed by atoms with Crippen molar-refractivity contribution in [3.05, 3.63) is 126 Å². The topological polar surface area (TPSA) is 65.6 Å². The van der Waals surface area contributed by atoms with Crippen molar-refractivity contribution in [3.63, 3.8) is 0 Å². The van der Waals surface area contributed by atoms with Crippen molar-refractivity contribution in [3.8, 4) is 6.07 Å². The van der Waals surface area contributed by atoms with Gasteiger partial charge in [0.25, 0.3) is 0 Å². The first-order valence-corrected chi connectivity index (χ1v) is 9.45. The highest BCUT2D eigenvalue weighted by Crippen LogP contribution is 2.32. The molecule has 0 fully saturated rings. The molecule has 0 radical (unpaired) electrons. The second-order valence-electron chi connectivity index (χ2n) is 6.68. The highest BCUT2D eigenvalue weighted by molar-refractivity contribution is 6.43. The van der Waals surface area contributed by atoms with E-state index in [1.165, 1.54) is 0 Å². The lowest BCUT2D eigenvalue weighted by Gasteiger charge is -2.16. The Bertz CT molecular complexity index is 1170. The molecule has 3 aromatic carbocycles. The molecule has 4 heteroatoms. The van der Waals surface area contributed by atoms with Crippen molar-refractivity contribution >= 4 is 22.6 Å². The molecule has 0 atom stereocenters. The number of carbonyl (C=O) groups excluding carboxylic acids is 1. The molecule has 0 unspecified atom stereocenters. The minimum atomic E-state index is -0.0198. The van der Waals surface area contributed by atoms with Gasteiger partial charge in [0, 0.05) is 11.1 Å². The molecule has 0 saturated carbocycles. The molecule has 0 spiro atoms. The van der Waals surface area contributed by atoms with Crippen LogP contribution in [0.3, 0.4) is 0 Å². The van der Waals surface area contributed by atoms with Crippen LogP contribution in [0.15, 0.2) is 119 Å². The van der Waals surface area contributed by atoms with E-state index in [1.807, 2.05) is 72.8 Å². The molecule has 4 rings (SSSR count). The summed E-state index contributed by atoms with van der Waals surface area (Å²) in [5, 5.41) is 17.2. The van der Waals surface area contributed by atoms with E-state index in [9.17, 15) is 4.79 Å². The predicted molar refractivity (Wildman–Crippen MR) is 118 cm³/mol. The van der Waals surface area contributed by atoms with Gasteiger partial charge in [-0.05, 0) is 53.1 Å². The van der Waals surface area contributed by atoms with Crippen molar-refractivity contribution in [2.75, 3.05) is 0 Å². The Hall–Kier alpha value is -4.36. The molecule has 0 heterocycles. The molecule has 0 N–H and O–H groups in total. The van der Waals surface area contributed by atoms with Gasteiger partial charge >= 0.3 is 0 Å². The zero-order chi connectivity index (χ0) is 20.8. The second kappa shape index (κ2) is 8.76. The van der Waals surface area contributed by atoms with Crippen molar-refractivity contribution < 1.29 is 4.79 Å². The van der Waals surface area contributed by atoms with E-state index < -0.39 is 0 Å². The molecular formula is C26H17N3O. The highest BCUT2D eigenvalue weighted by atomic mass is 16.1. The minimum Gasteiger partial charge on any atom is -0.289 e. The second-order valence-corrected chi connectivity index (χ2v) is 6.68. The van der Waals surface area contributed by atoms with E-state index in [0.29, 0.717) is 22.4 Å². The van der Waals surface area contributed by atoms with E-state index in [4.69, 9.17) is 5.26 Å². The molecular weight excluding hydrogens is 370 g/mol. The van der Waals surface area contributed by atoms with Crippen LogP contribution in [0.4, 0.5) is 5.69 Å². The van der Waals surface area contributed by atoms with Crippen molar-refractivity contribution in [2.45, 2.75) is 0 Å². The van der Waals surface area contributed by atoms with Gasteiger partial charge in [-0.15, -0.1) is 0 Å². The SMILES string of the molecule is N#Cc1ccc(N=NC=C2C=C(c3ccccc3)C(=O)C(c3ccccc3)=C2)cc1. The number of allylic oxidation sites excluding steroid dienone is 5. The van der Waals surface area contributed by atoms with Crippen LogP contribution in [0.1, 0.15) is 16.7 Å². The molecule has 30 heavy (non-hydrogen) atoms. The average Bonchev–Trinajstić information content (AvgIpc) is 2.81. The quantitative estimate of drug-likeness (QED) is 0.495. The molecule has 1 aliphatic rings. The number of hydrogen-bond acceptors (Lipinski definition) is 4. The Labute approximate surface area is 174 Å². The molecule has 4 nitrogen and oxygen atoms in total. The van der Waals surface area contributed by atoms with Crippen LogP contribution in [0.2, 0.25) is 0 Å². The number of Topliss-reactive ketones (excluding diaryl/α,β-unsaturated/α-hetero) is 1. The van der Waals surface area contributed by atoms with Crippen LogP contribution in [-0.2, 0) is 4.79 Å². The number of benzene rings is 3. The smallest absolute Gasteiger partial charge is 0.194 e. The van der Waals surface area contributed by atoms with Gasteiger partial charge in [-0.1, -0.05) is 60.7 Å². The number of azo groups is 1. The van der Waals surface area contributed by atoms with Gasteiger partial charge in [0.2, 0.25) is 0 Å². The van der Waals surface area contributed by atoms with Gasteiger partial charge in [-0.25, -0.2) is 0 Å². The van der Waals surface area contributed by atoms with Gasteiger partial charge in [-0.2, -0.15) is 15.5 Å². The average molecular weight is 387 g/mol. The van der Waals surface area contributed by atoms with Crippen LogP contribution in [-0.4, -0.2) is 5.78 Å². The van der Waals surface area contributed by atoms with Crippen molar-refractivity contribution in [1.82, 2.24) is 0 Å².